The van der Waals surface area contributed by atoms with Gasteiger partial charge in [-0.3, -0.25) is 9.59 Å². The molecule has 0 aliphatic heterocycles. The van der Waals surface area contributed by atoms with Crippen LogP contribution in [0.2, 0.25) is 5.02 Å². The van der Waals surface area contributed by atoms with E-state index in [2.05, 4.69) is 10.6 Å². The molecule has 7 nitrogen and oxygen atoms in total. The van der Waals surface area contributed by atoms with Crippen LogP contribution in [0.4, 0.5) is 11.4 Å². The highest BCUT2D eigenvalue weighted by Crippen LogP contribution is 2.28. The summed E-state index contributed by atoms with van der Waals surface area (Å²) in [6, 6.07) is 13.2. The normalized spacial score (nSPS) is 10.3. The number of halogens is 1. The van der Waals surface area contributed by atoms with Gasteiger partial charge in [-0.1, -0.05) is 11.6 Å². The van der Waals surface area contributed by atoms with Gasteiger partial charge in [0.15, 0.2) is 12.4 Å². The van der Waals surface area contributed by atoms with Crippen LogP contribution in [-0.4, -0.2) is 25.5 Å². The summed E-state index contributed by atoms with van der Waals surface area (Å²) in [4.78, 5) is 24.3. The van der Waals surface area contributed by atoms with Crippen molar-refractivity contribution in [3.8, 4) is 11.5 Å². The summed E-state index contributed by atoms with van der Waals surface area (Å²) in [5, 5.41) is 6.05. The molecular formula is C21H19ClN2O5. The number of nitrogens with one attached hydrogen (secondary N) is 2. The maximum atomic E-state index is 12.2. The third kappa shape index (κ3) is 5.30. The third-order valence-electron chi connectivity index (χ3n) is 3.98. The third-order valence-corrected chi connectivity index (χ3v) is 4.40. The number of amides is 2. The van der Waals surface area contributed by atoms with Gasteiger partial charge in [-0.15, -0.1) is 0 Å². The molecule has 0 atom stereocenters. The number of rotatable bonds is 7. The summed E-state index contributed by atoms with van der Waals surface area (Å²) in [7, 11) is 1.47. The summed E-state index contributed by atoms with van der Waals surface area (Å²) in [6.45, 7) is 1.69. The zero-order valence-electron chi connectivity index (χ0n) is 15.8. The number of carbonyl (C=O) groups excluding carboxylic acids is 2. The Kier molecular flexibility index (Phi) is 6.41. The summed E-state index contributed by atoms with van der Waals surface area (Å²) in [6.07, 6.45) is 1.41. The van der Waals surface area contributed by atoms with Gasteiger partial charge in [-0.2, -0.15) is 0 Å². The van der Waals surface area contributed by atoms with Crippen LogP contribution in [-0.2, 0) is 4.79 Å². The number of carbonyl (C=O) groups is 2. The number of aryl methyl sites for hydroxylation is 1. The highest BCUT2D eigenvalue weighted by molar-refractivity contribution is 6.31. The standard InChI is InChI=1S/C21H19ClN2O5/c1-13-10-15(6-7-16(13)22)29-12-20(25)23-14-5-8-17(19(11-14)27-2)24-21(26)18-4-3-9-28-18/h3-11H,12H2,1-2H3,(H,23,25)(H,24,26). The van der Waals surface area contributed by atoms with Crippen molar-refractivity contribution in [1.29, 1.82) is 0 Å². The molecule has 0 aliphatic carbocycles. The number of hydrogen-bond donors (Lipinski definition) is 2. The minimum absolute atomic E-state index is 0.166. The van der Waals surface area contributed by atoms with Crippen molar-refractivity contribution in [2.24, 2.45) is 0 Å². The number of furan rings is 1. The molecule has 3 rings (SSSR count). The van der Waals surface area contributed by atoms with Crippen molar-refractivity contribution in [3.63, 3.8) is 0 Å². The van der Waals surface area contributed by atoms with Crippen molar-refractivity contribution in [2.75, 3.05) is 24.4 Å². The smallest absolute Gasteiger partial charge is 0.291 e. The summed E-state index contributed by atoms with van der Waals surface area (Å²) in [5.41, 5.74) is 1.81. The van der Waals surface area contributed by atoms with Crippen molar-refractivity contribution < 1.29 is 23.5 Å². The first-order valence-electron chi connectivity index (χ1n) is 8.68. The maximum Gasteiger partial charge on any atom is 0.291 e. The van der Waals surface area contributed by atoms with E-state index >= 15 is 0 Å². The molecular weight excluding hydrogens is 396 g/mol. The van der Waals surface area contributed by atoms with Crippen molar-refractivity contribution >= 4 is 34.8 Å². The van der Waals surface area contributed by atoms with Gasteiger partial charge in [0.25, 0.3) is 11.8 Å². The highest BCUT2D eigenvalue weighted by Gasteiger charge is 2.13. The van der Waals surface area contributed by atoms with E-state index in [1.54, 1.807) is 48.5 Å². The molecule has 8 heteroatoms. The van der Waals surface area contributed by atoms with E-state index in [-0.39, 0.29) is 18.3 Å². The molecule has 2 amide bonds. The summed E-state index contributed by atoms with van der Waals surface area (Å²) >= 11 is 5.97. The van der Waals surface area contributed by atoms with E-state index in [4.69, 9.17) is 25.5 Å². The van der Waals surface area contributed by atoms with Crippen LogP contribution < -0.4 is 20.1 Å². The average Bonchev–Trinajstić information content (AvgIpc) is 3.25. The van der Waals surface area contributed by atoms with E-state index in [0.717, 1.165) is 5.56 Å². The van der Waals surface area contributed by atoms with E-state index in [0.29, 0.717) is 27.9 Å². The molecule has 0 unspecified atom stereocenters. The number of hydrogen-bond acceptors (Lipinski definition) is 5. The second-order valence-electron chi connectivity index (χ2n) is 6.09. The van der Waals surface area contributed by atoms with Crippen LogP contribution in [0.15, 0.2) is 59.2 Å². The van der Waals surface area contributed by atoms with E-state index in [9.17, 15) is 9.59 Å². The molecule has 150 valence electrons. The lowest BCUT2D eigenvalue weighted by Gasteiger charge is -2.12. The fourth-order valence-electron chi connectivity index (χ4n) is 2.52. The Bertz CT molecular complexity index is 1020. The molecule has 2 aromatic carbocycles. The first kappa shape index (κ1) is 20.3. The van der Waals surface area contributed by atoms with Gasteiger partial charge >= 0.3 is 0 Å². The highest BCUT2D eigenvalue weighted by atomic mass is 35.5. The van der Waals surface area contributed by atoms with Crippen LogP contribution in [0.3, 0.4) is 0 Å². The quantitative estimate of drug-likeness (QED) is 0.593. The number of methoxy groups -OCH3 is 1. The second-order valence-corrected chi connectivity index (χ2v) is 6.50. The molecule has 0 spiro atoms. The zero-order chi connectivity index (χ0) is 20.8. The van der Waals surface area contributed by atoms with Crippen LogP contribution >= 0.6 is 11.6 Å². The van der Waals surface area contributed by atoms with E-state index in [1.165, 1.54) is 13.4 Å². The second kappa shape index (κ2) is 9.16. The number of ether oxygens (including phenoxy) is 2. The molecule has 0 aliphatic rings. The summed E-state index contributed by atoms with van der Waals surface area (Å²) < 4.78 is 15.8. The Hall–Kier alpha value is -3.45. The fourth-order valence-corrected chi connectivity index (χ4v) is 2.63. The van der Waals surface area contributed by atoms with Gasteiger partial charge in [0.05, 0.1) is 19.1 Å². The largest absolute Gasteiger partial charge is 0.494 e. The van der Waals surface area contributed by atoms with Gasteiger partial charge in [0.1, 0.15) is 11.5 Å². The lowest BCUT2D eigenvalue weighted by atomic mass is 10.2. The fraction of sp³-hybridized carbons (Fsp3) is 0.143. The van der Waals surface area contributed by atoms with Gasteiger partial charge in [0, 0.05) is 16.8 Å². The lowest BCUT2D eigenvalue weighted by molar-refractivity contribution is -0.118. The lowest BCUT2D eigenvalue weighted by Crippen LogP contribution is -2.20. The predicted octanol–water partition coefficient (Wildman–Crippen LogP) is 4.52. The van der Waals surface area contributed by atoms with E-state index in [1.807, 2.05) is 6.92 Å². The van der Waals surface area contributed by atoms with Gasteiger partial charge in [-0.05, 0) is 55.0 Å². The molecule has 1 aromatic heterocycles. The minimum atomic E-state index is -0.406. The molecule has 2 N–H and O–H groups in total. The van der Waals surface area contributed by atoms with Gasteiger partial charge < -0.3 is 24.5 Å². The molecule has 29 heavy (non-hydrogen) atoms. The molecule has 0 saturated carbocycles. The van der Waals surface area contributed by atoms with E-state index < -0.39 is 5.91 Å². The summed E-state index contributed by atoms with van der Waals surface area (Å²) in [5.74, 6) is 0.371. The Labute approximate surface area is 172 Å². The number of anilines is 2. The minimum Gasteiger partial charge on any atom is -0.494 e. The maximum absolute atomic E-state index is 12.2. The number of benzene rings is 2. The van der Waals surface area contributed by atoms with Gasteiger partial charge in [-0.25, -0.2) is 0 Å². The Morgan fingerprint density at radius 2 is 1.93 bits per heavy atom. The van der Waals surface area contributed by atoms with Crippen LogP contribution in [0.25, 0.3) is 0 Å². The molecule has 0 fully saturated rings. The van der Waals surface area contributed by atoms with Crippen molar-refractivity contribution in [3.05, 3.63) is 71.1 Å². The molecule has 1 heterocycles. The van der Waals surface area contributed by atoms with Crippen LogP contribution in [0.5, 0.6) is 11.5 Å². The van der Waals surface area contributed by atoms with Crippen molar-refractivity contribution in [1.82, 2.24) is 0 Å². The molecule has 0 saturated heterocycles. The predicted molar refractivity (Wildman–Crippen MR) is 110 cm³/mol. The molecule has 3 aromatic rings. The topological polar surface area (TPSA) is 89.8 Å². The van der Waals surface area contributed by atoms with Gasteiger partial charge in [0.2, 0.25) is 0 Å². The SMILES string of the molecule is COc1cc(NC(=O)COc2ccc(Cl)c(C)c2)ccc1NC(=O)c1ccco1. The Morgan fingerprint density at radius 3 is 2.62 bits per heavy atom. The Morgan fingerprint density at radius 1 is 1.10 bits per heavy atom. The zero-order valence-corrected chi connectivity index (χ0v) is 16.6. The Balaban J connectivity index is 1.61. The first-order chi connectivity index (χ1) is 14.0. The van der Waals surface area contributed by atoms with Crippen molar-refractivity contribution in [2.45, 2.75) is 6.92 Å². The molecule has 0 bridgehead atoms. The van der Waals surface area contributed by atoms with Crippen LogP contribution in [0.1, 0.15) is 16.1 Å². The monoisotopic (exact) mass is 414 g/mol. The molecule has 0 radical (unpaired) electrons. The first-order valence-corrected chi connectivity index (χ1v) is 9.06. The van der Waals surface area contributed by atoms with Crippen LogP contribution in [0, 0.1) is 6.92 Å². The average molecular weight is 415 g/mol.